The number of allylic oxidation sites excluding steroid dienone is 2. The van der Waals surface area contributed by atoms with Crippen LogP contribution in [0.2, 0.25) is 0 Å². The number of carbonyl (C=O) groups excluding carboxylic acids is 1. The lowest BCUT2D eigenvalue weighted by Crippen LogP contribution is -2.30. The molecule has 0 radical (unpaired) electrons. The molecule has 1 aromatic rings. The summed E-state index contributed by atoms with van der Waals surface area (Å²) < 4.78 is 12.9. The summed E-state index contributed by atoms with van der Waals surface area (Å²) in [5.74, 6) is 2.95. The Morgan fingerprint density at radius 1 is 1.30 bits per heavy atom. The first-order valence-electron chi connectivity index (χ1n) is 10.7. The van der Waals surface area contributed by atoms with Crippen molar-refractivity contribution in [3.05, 3.63) is 53.1 Å². The topological polar surface area (TPSA) is 58.9 Å². The summed E-state index contributed by atoms with van der Waals surface area (Å²) in [6.45, 7) is 2.28. The summed E-state index contributed by atoms with van der Waals surface area (Å²) in [7, 11) is 0. The molecule has 1 aliphatic heterocycles. The van der Waals surface area contributed by atoms with Crippen LogP contribution in [0.1, 0.15) is 51.0 Å². The number of ketones is 1. The van der Waals surface area contributed by atoms with Crippen LogP contribution in [0.5, 0.6) is 0 Å². The Bertz CT molecular complexity index is 810. The minimum atomic E-state index is -0.254. The van der Waals surface area contributed by atoms with Crippen molar-refractivity contribution in [1.82, 2.24) is 0 Å². The number of thioether (sulfide) groups is 1. The van der Waals surface area contributed by atoms with Crippen LogP contribution >= 0.6 is 11.8 Å². The molecule has 3 rings (SSSR count). The number of rotatable bonds is 8. The number of oxime groups is 1. The van der Waals surface area contributed by atoms with Crippen molar-refractivity contribution >= 4 is 29.3 Å². The fraction of sp³-hybridized carbons (Fsp3) is 0.500. The van der Waals surface area contributed by atoms with Crippen molar-refractivity contribution in [2.24, 2.45) is 17.0 Å². The van der Waals surface area contributed by atoms with E-state index in [1.54, 1.807) is 12.1 Å². The van der Waals surface area contributed by atoms with E-state index >= 15 is 0 Å². The van der Waals surface area contributed by atoms with Crippen molar-refractivity contribution in [3.63, 3.8) is 0 Å². The van der Waals surface area contributed by atoms with E-state index in [0.717, 1.165) is 17.7 Å². The van der Waals surface area contributed by atoms with E-state index in [2.05, 4.69) is 5.16 Å². The Balaban J connectivity index is 1.54. The summed E-state index contributed by atoms with van der Waals surface area (Å²) in [4.78, 5) is 18.2. The normalized spacial score (nSPS) is 23.3. The summed E-state index contributed by atoms with van der Waals surface area (Å²) in [6, 6.07) is 6.27. The average Bonchev–Trinajstić information content (AvgIpc) is 2.76. The van der Waals surface area contributed by atoms with Gasteiger partial charge >= 0.3 is 0 Å². The summed E-state index contributed by atoms with van der Waals surface area (Å²) in [5, 5.41) is 14.8. The van der Waals surface area contributed by atoms with Crippen LogP contribution in [0, 0.1) is 17.7 Å². The quantitative estimate of drug-likeness (QED) is 0.314. The third-order valence-corrected chi connectivity index (χ3v) is 6.93. The maximum Gasteiger partial charge on any atom is 0.168 e. The molecule has 2 unspecified atom stereocenters. The number of nitrogens with zero attached hydrogens (tertiary/aromatic N) is 1. The van der Waals surface area contributed by atoms with E-state index in [1.165, 1.54) is 24.3 Å². The highest BCUT2D eigenvalue weighted by atomic mass is 32.2. The second kappa shape index (κ2) is 11.3. The monoisotopic (exact) mass is 431 g/mol. The second-order valence-corrected chi connectivity index (χ2v) is 9.01. The number of hydrogen-bond acceptors (Lipinski definition) is 5. The molecular formula is C24H30FNO3S. The highest BCUT2D eigenvalue weighted by molar-refractivity contribution is 7.99. The lowest BCUT2D eigenvalue weighted by atomic mass is 9.77. The van der Waals surface area contributed by atoms with E-state index in [4.69, 9.17) is 4.84 Å². The van der Waals surface area contributed by atoms with Crippen LogP contribution in [0.15, 0.2) is 46.8 Å². The number of halogens is 1. The molecule has 0 saturated carbocycles. The molecule has 0 spiro atoms. The maximum atomic E-state index is 12.9. The van der Waals surface area contributed by atoms with E-state index in [9.17, 15) is 14.3 Å². The molecule has 2 atom stereocenters. The fourth-order valence-electron chi connectivity index (χ4n) is 4.05. The zero-order valence-electron chi connectivity index (χ0n) is 17.5. The van der Waals surface area contributed by atoms with Gasteiger partial charge in [-0.25, -0.2) is 4.39 Å². The largest absolute Gasteiger partial charge is 0.511 e. The predicted octanol–water partition coefficient (Wildman–Crippen LogP) is 5.95. The Morgan fingerprint density at radius 2 is 2.10 bits per heavy atom. The second-order valence-electron chi connectivity index (χ2n) is 7.86. The molecule has 2 aliphatic rings. The average molecular weight is 432 g/mol. The van der Waals surface area contributed by atoms with E-state index in [1.807, 2.05) is 30.8 Å². The van der Waals surface area contributed by atoms with Crippen LogP contribution in [-0.4, -0.2) is 34.7 Å². The predicted molar refractivity (Wildman–Crippen MR) is 121 cm³/mol. The summed E-state index contributed by atoms with van der Waals surface area (Å²) >= 11 is 1.95. The molecule has 6 heteroatoms. The Labute approximate surface area is 182 Å². The van der Waals surface area contributed by atoms with Gasteiger partial charge in [-0.1, -0.05) is 36.4 Å². The molecule has 1 N–H and O–H groups in total. The first-order chi connectivity index (χ1) is 14.6. The Hall–Kier alpha value is -2.08. The van der Waals surface area contributed by atoms with Gasteiger partial charge in [-0.3, -0.25) is 4.79 Å². The van der Waals surface area contributed by atoms with Gasteiger partial charge in [0.2, 0.25) is 0 Å². The molecule has 1 aromatic carbocycles. The van der Waals surface area contributed by atoms with Crippen molar-refractivity contribution in [2.45, 2.75) is 45.4 Å². The van der Waals surface area contributed by atoms with Gasteiger partial charge in [0.05, 0.1) is 11.3 Å². The van der Waals surface area contributed by atoms with Crippen molar-refractivity contribution in [1.29, 1.82) is 0 Å². The zero-order chi connectivity index (χ0) is 21.3. The zero-order valence-corrected chi connectivity index (χ0v) is 18.3. The Morgan fingerprint density at radius 3 is 2.77 bits per heavy atom. The number of hydrogen-bond donors (Lipinski definition) is 1. The van der Waals surface area contributed by atoms with Gasteiger partial charge < -0.3 is 9.94 Å². The molecule has 1 fully saturated rings. The number of aliphatic hydroxyl groups is 1. The van der Waals surface area contributed by atoms with Crippen LogP contribution in [0.25, 0.3) is 6.08 Å². The minimum absolute atomic E-state index is 0.0141. The van der Waals surface area contributed by atoms with Gasteiger partial charge in [-0.05, 0) is 60.3 Å². The molecule has 162 valence electrons. The standard InChI is InChI=1S/C24H30FNO3S/c1-2-21(26-29-12-4-3-6-17-8-10-20(25)11-9-17)24-22(27)14-19(15-23(24)28)18-7-5-13-30-16-18/h3,6,8-11,18-19,27H,2,4-5,7,12-16H2,1H3/b6-3?,26-21+. The molecule has 1 saturated heterocycles. The first-order valence-corrected chi connectivity index (χ1v) is 11.9. The van der Waals surface area contributed by atoms with E-state index in [0.29, 0.717) is 49.5 Å². The van der Waals surface area contributed by atoms with Gasteiger partial charge in [-0.2, -0.15) is 11.8 Å². The summed E-state index contributed by atoms with van der Waals surface area (Å²) in [6.07, 6.45) is 8.40. The number of benzene rings is 1. The summed E-state index contributed by atoms with van der Waals surface area (Å²) in [5.41, 5.74) is 1.80. The molecule has 30 heavy (non-hydrogen) atoms. The fourth-order valence-corrected chi connectivity index (χ4v) is 5.33. The third-order valence-electron chi connectivity index (χ3n) is 5.69. The smallest absolute Gasteiger partial charge is 0.168 e. The van der Waals surface area contributed by atoms with Gasteiger partial charge in [0.25, 0.3) is 0 Å². The SMILES string of the molecule is CC/C(=N\OCCC=Cc1ccc(F)cc1)C1=C(O)CC(C2CCCSC2)CC1=O. The van der Waals surface area contributed by atoms with Crippen LogP contribution in [-0.2, 0) is 9.63 Å². The lowest BCUT2D eigenvalue weighted by molar-refractivity contribution is -0.117. The third kappa shape index (κ3) is 6.21. The van der Waals surface area contributed by atoms with Crippen molar-refractivity contribution < 1.29 is 19.1 Å². The van der Waals surface area contributed by atoms with Gasteiger partial charge in [0.1, 0.15) is 18.2 Å². The van der Waals surface area contributed by atoms with E-state index < -0.39 is 0 Å². The molecule has 1 aliphatic carbocycles. The number of carbonyl (C=O) groups is 1. The van der Waals surface area contributed by atoms with Crippen LogP contribution < -0.4 is 0 Å². The van der Waals surface area contributed by atoms with Crippen molar-refractivity contribution in [3.8, 4) is 0 Å². The first kappa shape index (κ1) is 22.6. The molecule has 0 amide bonds. The Kier molecular flexibility index (Phi) is 8.55. The van der Waals surface area contributed by atoms with Gasteiger partial charge in [0, 0.05) is 19.3 Å². The van der Waals surface area contributed by atoms with Crippen LogP contribution in [0.3, 0.4) is 0 Å². The van der Waals surface area contributed by atoms with Crippen LogP contribution in [0.4, 0.5) is 4.39 Å². The van der Waals surface area contributed by atoms with Gasteiger partial charge in [-0.15, -0.1) is 0 Å². The van der Waals surface area contributed by atoms with Gasteiger partial charge in [0.15, 0.2) is 5.78 Å². The minimum Gasteiger partial charge on any atom is -0.511 e. The molecule has 0 aromatic heterocycles. The lowest BCUT2D eigenvalue weighted by Gasteiger charge is -2.32. The maximum absolute atomic E-state index is 12.9. The van der Waals surface area contributed by atoms with E-state index in [-0.39, 0.29) is 23.3 Å². The van der Waals surface area contributed by atoms with Crippen molar-refractivity contribution in [2.75, 3.05) is 18.1 Å². The molecular weight excluding hydrogens is 401 g/mol. The highest BCUT2D eigenvalue weighted by Gasteiger charge is 2.35. The molecule has 1 heterocycles. The number of Topliss-reactive ketones (excluding diaryl/α,β-unsaturated/α-hetero) is 1. The molecule has 0 bridgehead atoms. The highest BCUT2D eigenvalue weighted by Crippen LogP contribution is 2.38. The molecule has 4 nitrogen and oxygen atoms in total. The number of aliphatic hydroxyl groups excluding tert-OH is 1.